The van der Waals surface area contributed by atoms with Crippen molar-refractivity contribution < 1.29 is 13.6 Å². The van der Waals surface area contributed by atoms with Gasteiger partial charge in [0, 0.05) is 0 Å². The van der Waals surface area contributed by atoms with E-state index in [1.165, 1.54) is 42.5 Å². The van der Waals surface area contributed by atoms with Crippen LogP contribution in [0.4, 0.5) is 14.5 Å². The normalized spacial score (nSPS) is 16.1. The first-order chi connectivity index (χ1) is 11.0. The standard InChI is InChI=1S/C16H9BrF2N2OS/c17-10-7-9(5-6-11(10)18)8-13-15(22)21(16(23)20-13)14-4-2-1-3-12(14)19/h1-8H,(H,20,23)/b13-8-. The number of anilines is 1. The number of thiocarbonyl (C=S) groups is 1. The van der Waals surface area contributed by atoms with Gasteiger partial charge in [-0.1, -0.05) is 18.2 Å². The van der Waals surface area contributed by atoms with Crippen LogP contribution in [0.25, 0.3) is 6.08 Å². The van der Waals surface area contributed by atoms with Crippen LogP contribution >= 0.6 is 28.1 Å². The molecule has 1 fully saturated rings. The SMILES string of the molecule is O=C1/C(=C/c2ccc(F)c(Br)c2)NC(=S)N1c1ccccc1F. The molecule has 0 bridgehead atoms. The molecule has 7 heteroatoms. The van der Waals surface area contributed by atoms with Crippen molar-refractivity contribution in [3.8, 4) is 0 Å². The van der Waals surface area contributed by atoms with E-state index in [1.54, 1.807) is 6.07 Å². The zero-order valence-electron chi connectivity index (χ0n) is 11.5. The Morgan fingerprint density at radius 2 is 1.87 bits per heavy atom. The lowest BCUT2D eigenvalue weighted by molar-refractivity contribution is -0.113. The van der Waals surface area contributed by atoms with Crippen LogP contribution in [0.3, 0.4) is 0 Å². The monoisotopic (exact) mass is 394 g/mol. The molecular weight excluding hydrogens is 386 g/mol. The van der Waals surface area contributed by atoms with E-state index in [4.69, 9.17) is 12.2 Å². The largest absolute Gasteiger partial charge is 0.327 e. The number of amides is 1. The number of nitrogens with one attached hydrogen (secondary N) is 1. The van der Waals surface area contributed by atoms with Crippen LogP contribution in [0.2, 0.25) is 0 Å². The Balaban J connectivity index is 1.96. The molecule has 2 aromatic carbocycles. The molecule has 0 aliphatic carbocycles. The minimum atomic E-state index is -0.546. The van der Waals surface area contributed by atoms with Crippen LogP contribution in [-0.2, 0) is 4.79 Å². The summed E-state index contributed by atoms with van der Waals surface area (Å²) in [4.78, 5) is 13.6. The number of rotatable bonds is 2. The molecule has 3 nitrogen and oxygen atoms in total. The van der Waals surface area contributed by atoms with Crippen molar-refractivity contribution in [2.45, 2.75) is 0 Å². The minimum Gasteiger partial charge on any atom is -0.327 e. The molecule has 1 aliphatic rings. The first-order valence-corrected chi connectivity index (χ1v) is 7.74. The zero-order chi connectivity index (χ0) is 16.6. The summed E-state index contributed by atoms with van der Waals surface area (Å²) in [6.45, 7) is 0. The molecule has 2 aromatic rings. The number of hydrogen-bond donors (Lipinski definition) is 1. The van der Waals surface area contributed by atoms with E-state index >= 15 is 0 Å². The second-order valence-corrected chi connectivity index (χ2v) is 5.99. The second-order valence-electron chi connectivity index (χ2n) is 4.75. The van der Waals surface area contributed by atoms with Gasteiger partial charge >= 0.3 is 0 Å². The van der Waals surface area contributed by atoms with Crippen LogP contribution in [0.1, 0.15) is 5.56 Å². The minimum absolute atomic E-state index is 0.0821. The van der Waals surface area contributed by atoms with E-state index in [9.17, 15) is 13.6 Å². The molecule has 0 unspecified atom stereocenters. The predicted molar refractivity (Wildman–Crippen MR) is 91.7 cm³/mol. The Morgan fingerprint density at radius 3 is 2.57 bits per heavy atom. The third-order valence-electron chi connectivity index (χ3n) is 3.23. The highest BCUT2D eigenvalue weighted by atomic mass is 79.9. The van der Waals surface area contributed by atoms with Gasteiger partial charge in [0.05, 0.1) is 10.2 Å². The number of benzene rings is 2. The summed E-state index contributed by atoms with van der Waals surface area (Å²) in [5.41, 5.74) is 0.878. The number of para-hydroxylation sites is 1. The van der Waals surface area contributed by atoms with E-state index < -0.39 is 17.5 Å². The Bertz CT molecular complexity index is 854. The maximum Gasteiger partial charge on any atom is 0.281 e. The molecular formula is C16H9BrF2N2OS. The fourth-order valence-corrected chi connectivity index (χ4v) is 2.84. The summed E-state index contributed by atoms with van der Waals surface area (Å²) in [6.07, 6.45) is 1.53. The van der Waals surface area contributed by atoms with Gasteiger partial charge in [0.1, 0.15) is 17.3 Å². The second kappa shape index (κ2) is 6.17. The van der Waals surface area contributed by atoms with Crippen molar-refractivity contribution in [3.05, 3.63) is 69.8 Å². The summed E-state index contributed by atoms with van der Waals surface area (Å²) >= 11 is 8.20. The molecule has 3 rings (SSSR count). The third kappa shape index (κ3) is 3.02. The first kappa shape index (κ1) is 15.8. The fourth-order valence-electron chi connectivity index (χ4n) is 2.16. The highest BCUT2D eigenvalue weighted by Gasteiger charge is 2.33. The van der Waals surface area contributed by atoms with E-state index in [1.807, 2.05) is 0 Å². The molecule has 1 amide bonds. The maximum absolute atomic E-state index is 13.9. The molecule has 1 aliphatic heterocycles. The van der Waals surface area contributed by atoms with Crippen LogP contribution in [0, 0.1) is 11.6 Å². The number of carbonyl (C=O) groups is 1. The highest BCUT2D eigenvalue weighted by Crippen LogP contribution is 2.25. The third-order valence-corrected chi connectivity index (χ3v) is 4.12. The molecule has 1 saturated heterocycles. The number of carbonyl (C=O) groups excluding carboxylic acids is 1. The number of hydrogen-bond acceptors (Lipinski definition) is 2. The maximum atomic E-state index is 13.9. The molecule has 116 valence electrons. The molecule has 23 heavy (non-hydrogen) atoms. The van der Waals surface area contributed by atoms with Crippen molar-refractivity contribution in [1.82, 2.24) is 5.32 Å². The molecule has 1 N–H and O–H groups in total. The average Bonchev–Trinajstić information content (AvgIpc) is 2.78. The van der Waals surface area contributed by atoms with E-state index in [-0.39, 0.29) is 21.0 Å². The van der Waals surface area contributed by atoms with Crippen LogP contribution in [-0.4, -0.2) is 11.0 Å². The Morgan fingerprint density at radius 1 is 1.13 bits per heavy atom. The van der Waals surface area contributed by atoms with Gasteiger partial charge in [0.25, 0.3) is 5.91 Å². The smallest absolute Gasteiger partial charge is 0.281 e. The van der Waals surface area contributed by atoms with Gasteiger partial charge in [0.2, 0.25) is 0 Å². The van der Waals surface area contributed by atoms with Gasteiger partial charge in [0.15, 0.2) is 5.11 Å². The van der Waals surface area contributed by atoms with Crippen molar-refractivity contribution in [2.24, 2.45) is 0 Å². The number of nitrogens with zero attached hydrogens (tertiary/aromatic N) is 1. The van der Waals surface area contributed by atoms with Gasteiger partial charge < -0.3 is 5.32 Å². The van der Waals surface area contributed by atoms with Gasteiger partial charge in [-0.15, -0.1) is 0 Å². The van der Waals surface area contributed by atoms with Crippen LogP contribution < -0.4 is 10.2 Å². The molecule has 0 aromatic heterocycles. The van der Waals surface area contributed by atoms with Gasteiger partial charge in [-0.2, -0.15) is 0 Å². The van der Waals surface area contributed by atoms with Crippen molar-refractivity contribution in [3.63, 3.8) is 0 Å². The summed E-state index contributed by atoms with van der Waals surface area (Å²) in [5, 5.41) is 2.85. The first-order valence-electron chi connectivity index (χ1n) is 6.54. The van der Waals surface area contributed by atoms with Crippen LogP contribution in [0.5, 0.6) is 0 Å². The predicted octanol–water partition coefficient (Wildman–Crippen LogP) is 3.99. The van der Waals surface area contributed by atoms with Crippen LogP contribution in [0.15, 0.2) is 52.6 Å². The summed E-state index contributed by atoms with van der Waals surface area (Å²) in [7, 11) is 0. The topological polar surface area (TPSA) is 32.3 Å². The van der Waals surface area contributed by atoms with Crippen molar-refractivity contribution in [2.75, 3.05) is 4.90 Å². The van der Waals surface area contributed by atoms with Gasteiger partial charge in [-0.3, -0.25) is 4.79 Å². The molecule has 0 saturated carbocycles. The lowest BCUT2D eigenvalue weighted by atomic mass is 10.2. The van der Waals surface area contributed by atoms with E-state index in [0.717, 1.165) is 4.90 Å². The highest BCUT2D eigenvalue weighted by molar-refractivity contribution is 9.10. The molecule has 0 radical (unpaired) electrons. The molecule has 0 atom stereocenters. The lowest BCUT2D eigenvalue weighted by Crippen LogP contribution is -2.31. The van der Waals surface area contributed by atoms with Crippen molar-refractivity contribution in [1.29, 1.82) is 0 Å². The summed E-state index contributed by atoms with van der Waals surface area (Å²) < 4.78 is 27.4. The summed E-state index contributed by atoms with van der Waals surface area (Å²) in [6, 6.07) is 10.2. The van der Waals surface area contributed by atoms with E-state index in [2.05, 4.69) is 21.2 Å². The van der Waals surface area contributed by atoms with Crippen molar-refractivity contribution >= 4 is 50.9 Å². The Labute approximate surface area is 144 Å². The number of halogens is 3. The quantitative estimate of drug-likeness (QED) is 0.617. The average molecular weight is 395 g/mol. The van der Waals surface area contributed by atoms with Gasteiger partial charge in [-0.05, 0) is 64.1 Å². The van der Waals surface area contributed by atoms with E-state index in [0.29, 0.717) is 5.56 Å². The summed E-state index contributed by atoms with van der Waals surface area (Å²) in [5.74, 6) is -1.42. The molecule has 0 spiro atoms. The lowest BCUT2D eigenvalue weighted by Gasteiger charge is -2.14. The Hall–Kier alpha value is -2.12. The molecule has 1 heterocycles. The fraction of sp³-hybridized carbons (Fsp3) is 0. The van der Waals surface area contributed by atoms with Gasteiger partial charge in [-0.25, -0.2) is 13.7 Å². The zero-order valence-corrected chi connectivity index (χ0v) is 13.9. The Kier molecular flexibility index (Phi) is 4.23.